The lowest BCUT2D eigenvalue weighted by molar-refractivity contribution is 0.619. The van der Waals surface area contributed by atoms with Crippen LogP contribution < -0.4 is 5.73 Å². The van der Waals surface area contributed by atoms with Gasteiger partial charge in [0.05, 0.1) is 10.7 Å². The van der Waals surface area contributed by atoms with E-state index >= 15 is 0 Å². The van der Waals surface area contributed by atoms with E-state index in [1.807, 2.05) is 11.3 Å². The van der Waals surface area contributed by atoms with Crippen LogP contribution in [0.1, 0.15) is 61.5 Å². The van der Waals surface area contributed by atoms with Gasteiger partial charge in [-0.2, -0.15) is 0 Å². The zero-order valence-corrected chi connectivity index (χ0v) is 10.8. The molecule has 1 aromatic heterocycles. The SMILES string of the molecule is CC(C)c1nc(C2CC2(C)C)sc1CN. The molecule has 0 amide bonds. The standard InChI is InChI=1S/C12H20N2S/c1-7(2)10-9(6-13)15-11(14-10)8-5-12(8,3)4/h7-8H,5-6,13H2,1-4H3. The molecule has 1 saturated carbocycles. The monoisotopic (exact) mass is 224 g/mol. The van der Waals surface area contributed by atoms with E-state index < -0.39 is 0 Å². The van der Waals surface area contributed by atoms with Gasteiger partial charge < -0.3 is 5.73 Å². The second kappa shape index (κ2) is 3.56. The van der Waals surface area contributed by atoms with E-state index in [0.29, 0.717) is 23.8 Å². The van der Waals surface area contributed by atoms with Crippen molar-refractivity contribution in [2.24, 2.45) is 11.1 Å². The molecule has 0 bridgehead atoms. The van der Waals surface area contributed by atoms with Crippen LogP contribution in [0.5, 0.6) is 0 Å². The summed E-state index contributed by atoms with van der Waals surface area (Å²) in [6.07, 6.45) is 1.28. The predicted octanol–water partition coefficient (Wildman–Crippen LogP) is 3.24. The molecule has 1 heterocycles. The molecule has 2 nitrogen and oxygen atoms in total. The summed E-state index contributed by atoms with van der Waals surface area (Å²) in [5.74, 6) is 1.18. The Labute approximate surface area is 95.9 Å². The average molecular weight is 224 g/mol. The Morgan fingerprint density at radius 2 is 2.13 bits per heavy atom. The first-order valence-electron chi connectivity index (χ1n) is 5.65. The van der Waals surface area contributed by atoms with Gasteiger partial charge in [-0.3, -0.25) is 0 Å². The molecule has 3 heteroatoms. The summed E-state index contributed by atoms with van der Waals surface area (Å²) in [6, 6.07) is 0. The van der Waals surface area contributed by atoms with E-state index in [9.17, 15) is 0 Å². The Kier molecular flexibility index (Phi) is 2.63. The Hall–Kier alpha value is -0.410. The summed E-state index contributed by atoms with van der Waals surface area (Å²) in [6.45, 7) is 9.65. The van der Waals surface area contributed by atoms with E-state index in [1.54, 1.807) is 0 Å². The number of nitrogens with two attached hydrogens (primary N) is 1. The molecule has 1 unspecified atom stereocenters. The van der Waals surface area contributed by atoms with Crippen LogP contribution in [0.3, 0.4) is 0 Å². The van der Waals surface area contributed by atoms with Crippen molar-refractivity contribution in [1.29, 1.82) is 0 Å². The highest BCUT2D eigenvalue weighted by Gasteiger charge is 2.48. The van der Waals surface area contributed by atoms with Crippen LogP contribution in [-0.4, -0.2) is 4.98 Å². The van der Waals surface area contributed by atoms with Gasteiger partial charge in [0, 0.05) is 17.3 Å². The van der Waals surface area contributed by atoms with Gasteiger partial charge in [0.25, 0.3) is 0 Å². The molecule has 1 aliphatic carbocycles. The molecule has 0 spiro atoms. The van der Waals surface area contributed by atoms with Gasteiger partial charge in [-0.1, -0.05) is 27.7 Å². The number of nitrogens with zero attached hydrogens (tertiary/aromatic N) is 1. The second-order valence-corrected chi connectivity index (χ2v) is 6.58. The first kappa shape index (κ1) is 11.1. The summed E-state index contributed by atoms with van der Waals surface area (Å²) in [4.78, 5) is 6.06. The maximum atomic E-state index is 5.76. The van der Waals surface area contributed by atoms with Gasteiger partial charge in [0.15, 0.2) is 0 Å². The van der Waals surface area contributed by atoms with Crippen LogP contribution in [0.4, 0.5) is 0 Å². The normalized spacial score (nSPS) is 23.5. The molecule has 1 fully saturated rings. The number of rotatable bonds is 3. The minimum atomic E-state index is 0.470. The summed E-state index contributed by atoms with van der Waals surface area (Å²) < 4.78 is 0. The number of thiazole rings is 1. The molecule has 84 valence electrons. The largest absolute Gasteiger partial charge is 0.326 e. The molecule has 1 aliphatic rings. The second-order valence-electron chi connectivity index (χ2n) is 5.46. The van der Waals surface area contributed by atoms with Crippen LogP contribution in [0.15, 0.2) is 0 Å². The number of hydrogen-bond donors (Lipinski definition) is 1. The van der Waals surface area contributed by atoms with Gasteiger partial charge in [-0.05, 0) is 17.8 Å². The van der Waals surface area contributed by atoms with Crippen LogP contribution in [0, 0.1) is 5.41 Å². The lowest BCUT2D eigenvalue weighted by Gasteiger charge is -2.01. The third-order valence-corrected chi connectivity index (χ3v) is 4.50. The third-order valence-electron chi connectivity index (χ3n) is 3.29. The summed E-state index contributed by atoms with van der Waals surface area (Å²) >= 11 is 1.82. The van der Waals surface area contributed by atoms with Gasteiger partial charge >= 0.3 is 0 Å². The smallest absolute Gasteiger partial charge is 0.0968 e. The number of hydrogen-bond acceptors (Lipinski definition) is 3. The fraction of sp³-hybridized carbons (Fsp3) is 0.750. The third kappa shape index (κ3) is 1.95. The highest BCUT2D eigenvalue weighted by Crippen LogP contribution is 2.59. The maximum Gasteiger partial charge on any atom is 0.0968 e. The molecular formula is C12H20N2S. The zero-order chi connectivity index (χ0) is 11.2. The molecular weight excluding hydrogens is 204 g/mol. The quantitative estimate of drug-likeness (QED) is 0.856. The van der Waals surface area contributed by atoms with Crippen molar-refractivity contribution in [2.45, 2.75) is 52.5 Å². The summed E-state index contributed by atoms with van der Waals surface area (Å²) in [7, 11) is 0. The van der Waals surface area contributed by atoms with Crippen molar-refractivity contribution >= 4 is 11.3 Å². The zero-order valence-electron chi connectivity index (χ0n) is 10.0. The fourth-order valence-electron chi connectivity index (χ4n) is 2.02. The summed E-state index contributed by atoms with van der Waals surface area (Å²) in [5.41, 5.74) is 7.45. The molecule has 0 radical (unpaired) electrons. The Bertz CT molecular complexity index is 366. The Morgan fingerprint density at radius 1 is 1.53 bits per heavy atom. The molecule has 0 saturated heterocycles. The van der Waals surface area contributed by atoms with Crippen LogP contribution >= 0.6 is 11.3 Å². The minimum Gasteiger partial charge on any atom is -0.326 e. The van der Waals surface area contributed by atoms with Crippen molar-refractivity contribution in [1.82, 2.24) is 4.98 Å². The van der Waals surface area contributed by atoms with Crippen molar-refractivity contribution in [3.63, 3.8) is 0 Å². The topological polar surface area (TPSA) is 38.9 Å². The van der Waals surface area contributed by atoms with Crippen LogP contribution in [0.2, 0.25) is 0 Å². The van der Waals surface area contributed by atoms with Gasteiger partial charge in [0.1, 0.15) is 0 Å². The Morgan fingerprint density at radius 3 is 2.47 bits per heavy atom. The lowest BCUT2D eigenvalue weighted by Crippen LogP contribution is -1.99. The molecule has 0 aromatic carbocycles. The highest BCUT2D eigenvalue weighted by molar-refractivity contribution is 7.11. The van der Waals surface area contributed by atoms with E-state index in [4.69, 9.17) is 10.7 Å². The minimum absolute atomic E-state index is 0.470. The van der Waals surface area contributed by atoms with E-state index in [1.165, 1.54) is 22.0 Å². The molecule has 0 aliphatic heterocycles. The summed E-state index contributed by atoms with van der Waals surface area (Å²) in [5, 5.41) is 1.31. The Balaban J connectivity index is 2.28. The maximum absolute atomic E-state index is 5.76. The number of aromatic nitrogens is 1. The van der Waals surface area contributed by atoms with Crippen molar-refractivity contribution < 1.29 is 0 Å². The molecule has 1 atom stereocenters. The molecule has 2 rings (SSSR count). The van der Waals surface area contributed by atoms with Crippen LogP contribution in [0.25, 0.3) is 0 Å². The average Bonchev–Trinajstić information content (AvgIpc) is 2.65. The fourth-order valence-corrected chi connectivity index (χ4v) is 3.43. The van der Waals surface area contributed by atoms with E-state index in [0.717, 1.165) is 0 Å². The molecule has 15 heavy (non-hydrogen) atoms. The highest BCUT2D eigenvalue weighted by atomic mass is 32.1. The van der Waals surface area contributed by atoms with Crippen molar-refractivity contribution in [3.05, 3.63) is 15.6 Å². The predicted molar refractivity (Wildman–Crippen MR) is 65.2 cm³/mol. The molecule has 1 aromatic rings. The van der Waals surface area contributed by atoms with E-state index in [-0.39, 0.29) is 0 Å². The first-order valence-corrected chi connectivity index (χ1v) is 6.47. The lowest BCUT2D eigenvalue weighted by atomic mass is 10.1. The van der Waals surface area contributed by atoms with Crippen molar-refractivity contribution in [3.8, 4) is 0 Å². The van der Waals surface area contributed by atoms with E-state index in [2.05, 4.69) is 27.7 Å². The molecule has 2 N–H and O–H groups in total. The van der Waals surface area contributed by atoms with Gasteiger partial charge in [0.2, 0.25) is 0 Å². The van der Waals surface area contributed by atoms with Crippen LogP contribution in [-0.2, 0) is 6.54 Å². The van der Waals surface area contributed by atoms with Gasteiger partial charge in [-0.15, -0.1) is 11.3 Å². The van der Waals surface area contributed by atoms with Crippen molar-refractivity contribution in [2.75, 3.05) is 0 Å². The first-order chi connectivity index (χ1) is 6.95. The van der Waals surface area contributed by atoms with Gasteiger partial charge in [-0.25, -0.2) is 4.98 Å².